The summed E-state index contributed by atoms with van der Waals surface area (Å²) in [6.07, 6.45) is 2.09. The molecule has 0 spiro atoms. The van der Waals surface area contributed by atoms with Gasteiger partial charge < -0.3 is 5.32 Å². The molecule has 0 unspecified atom stereocenters. The van der Waals surface area contributed by atoms with Gasteiger partial charge >= 0.3 is 0 Å². The molecule has 0 aliphatic heterocycles. The lowest BCUT2D eigenvalue weighted by Crippen LogP contribution is -2.25. The van der Waals surface area contributed by atoms with Gasteiger partial charge in [-0.1, -0.05) is 24.8 Å². The van der Waals surface area contributed by atoms with Gasteiger partial charge in [-0.15, -0.1) is 0 Å². The van der Waals surface area contributed by atoms with Crippen molar-refractivity contribution in [2.45, 2.75) is 27.7 Å². The smallest absolute Gasteiger partial charge is 0.209 e. The second-order valence-corrected chi connectivity index (χ2v) is 4.88. The van der Waals surface area contributed by atoms with Gasteiger partial charge in [-0.2, -0.15) is 0 Å². The van der Waals surface area contributed by atoms with Crippen LogP contribution in [0.5, 0.6) is 0 Å². The van der Waals surface area contributed by atoms with E-state index in [4.69, 9.17) is 0 Å². The zero-order valence-electron chi connectivity index (χ0n) is 11.9. The maximum atomic E-state index is 11.7. The normalized spacial score (nSPS) is 15.7. The number of hydrogen-bond donors (Lipinski definition) is 1. The van der Waals surface area contributed by atoms with E-state index in [9.17, 15) is 4.79 Å². The number of ketones is 1. The molecular formula is C17H19NO. The van der Waals surface area contributed by atoms with E-state index in [-0.39, 0.29) is 5.78 Å². The minimum absolute atomic E-state index is 0.0186. The van der Waals surface area contributed by atoms with Crippen LogP contribution in [-0.4, -0.2) is 5.78 Å². The average molecular weight is 253 g/mol. The standard InChI is InChI=1S/C17H19NO/c1-6-10(2)14-8-7-9-15(13(14)5)18-16-11(3)12(4)17(16)19/h6-9,18H,4H2,1-3,5H3/b10-6-. The van der Waals surface area contributed by atoms with Gasteiger partial charge in [0.2, 0.25) is 5.78 Å². The highest BCUT2D eigenvalue weighted by Crippen LogP contribution is 2.32. The number of carbonyl (C=O) groups excluding carboxylic acids is 1. The van der Waals surface area contributed by atoms with E-state index in [2.05, 4.69) is 37.9 Å². The van der Waals surface area contributed by atoms with Crippen molar-refractivity contribution in [3.05, 3.63) is 58.8 Å². The lowest BCUT2D eigenvalue weighted by atomic mass is 9.88. The molecule has 0 saturated carbocycles. The lowest BCUT2D eigenvalue weighted by molar-refractivity contribution is -0.113. The van der Waals surface area contributed by atoms with Crippen molar-refractivity contribution >= 4 is 17.0 Å². The van der Waals surface area contributed by atoms with E-state index >= 15 is 0 Å². The molecule has 1 N–H and O–H groups in total. The highest BCUT2D eigenvalue weighted by atomic mass is 16.1. The van der Waals surface area contributed by atoms with Crippen LogP contribution in [0.25, 0.3) is 5.57 Å². The summed E-state index contributed by atoms with van der Waals surface area (Å²) in [6.45, 7) is 11.8. The number of allylic oxidation sites excluding steroid dienone is 4. The Morgan fingerprint density at radius 3 is 2.58 bits per heavy atom. The van der Waals surface area contributed by atoms with Crippen LogP contribution in [0.15, 0.2) is 47.7 Å². The van der Waals surface area contributed by atoms with Crippen molar-refractivity contribution in [3.8, 4) is 0 Å². The topological polar surface area (TPSA) is 29.1 Å². The first kappa shape index (κ1) is 13.3. The summed E-state index contributed by atoms with van der Waals surface area (Å²) in [7, 11) is 0. The third-order valence-electron chi connectivity index (χ3n) is 3.78. The molecule has 0 atom stereocenters. The average Bonchev–Trinajstić information content (AvgIpc) is 2.44. The van der Waals surface area contributed by atoms with E-state index in [0.29, 0.717) is 11.3 Å². The molecule has 1 aromatic carbocycles. The Bertz CT molecular complexity index is 633. The summed E-state index contributed by atoms with van der Waals surface area (Å²) >= 11 is 0. The SMILES string of the molecule is C=C1C(=O)C(Nc2cccc(/C(C)=C\C)c2C)=C1C. The zero-order valence-corrected chi connectivity index (χ0v) is 11.9. The van der Waals surface area contributed by atoms with E-state index in [1.165, 1.54) is 11.1 Å². The van der Waals surface area contributed by atoms with Gasteiger partial charge in [0.1, 0.15) is 0 Å². The molecule has 0 saturated heterocycles. The Labute approximate surface area is 114 Å². The van der Waals surface area contributed by atoms with Gasteiger partial charge in [-0.05, 0) is 56.0 Å². The summed E-state index contributed by atoms with van der Waals surface area (Å²) in [6, 6.07) is 6.10. The first-order chi connectivity index (χ1) is 8.97. The molecule has 0 aromatic heterocycles. The fourth-order valence-corrected chi connectivity index (χ4v) is 2.22. The molecule has 1 aliphatic rings. The number of carbonyl (C=O) groups is 1. The van der Waals surface area contributed by atoms with Crippen molar-refractivity contribution < 1.29 is 4.79 Å². The van der Waals surface area contributed by atoms with Gasteiger partial charge in [0.15, 0.2) is 0 Å². The van der Waals surface area contributed by atoms with Gasteiger partial charge in [0, 0.05) is 11.3 Å². The molecule has 0 radical (unpaired) electrons. The number of anilines is 1. The minimum atomic E-state index is 0.0186. The van der Waals surface area contributed by atoms with Crippen molar-refractivity contribution in [3.63, 3.8) is 0 Å². The van der Waals surface area contributed by atoms with E-state index in [0.717, 1.165) is 16.8 Å². The van der Waals surface area contributed by atoms with Crippen LogP contribution in [0.3, 0.4) is 0 Å². The van der Waals surface area contributed by atoms with Crippen LogP contribution >= 0.6 is 0 Å². The predicted molar refractivity (Wildman–Crippen MR) is 81.0 cm³/mol. The van der Waals surface area contributed by atoms with Crippen molar-refractivity contribution in [1.29, 1.82) is 0 Å². The van der Waals surface area contributed by atoms with Crippen LogP contribution < -0.4 is 5.32 Å². The van der Waals surface area contributed by atoms with Gasteiger partial charge in [0.25, 0.3) is 0 Å². The molecule has 19 heavy (non-hydrogen) atoms. The molecule has 1 aromatic rings. The number of benzene rings is 1. The largest absolute Gasteiger partial charge is 0.352 e. The Balaban J connectivity index is 2.38. The molecule has 0 bridgehead atoms. The highest BCUT2D eigenvalue weighted by Gasteiger charge is 2.28. The summed E-state index contributed by atoms with van der Waals surface area (Å²) in [4.78, 5) is 11.7. The lowest BCUT2D eigenvalue weighted by Gasteiger charge is -2.24. The third-order valence-corrected chi connectivity index (χ3v) is 3.78. The molecule has 2 rings (SSSR count). The summed E-state index contributed by atoms with van der Waals surface area (Å²) in [5.74, 6) is 0.0186. The Morgan fingerprint density at radius 1 is 1.32 bits per heavy atom. The number of Topliss-reactive ketones (excluding diaryl/α,β-unsaturated/α-hetero) is 1. The minimum Gasteiger partial charge on any atom is -0.352 e. The third kappa shape index (κ3) is 2.14. The zero-order chi connectivity index (χ0) is 14.2. The second-order valence-electron chi connectivity index (χ2n) is 4.88. The number of rotatable bonds is 3. The van der Waals surface area contributed by atoms with Gasteiger partial charge in [-0.25, -0.2) is 0 Å². The highest BCUT2D eigenvalue weighted by molar-refractivity contribution is 6.20. The maximum Gasteiger partial charge on any atom is 0.209 e. The molecule has 98 valence electrons. The molecule has 1 aliphatic carbocycles. The molecule has 2 heteroatoms. The van der Waals surface area contributed by atoms with Crippen LogP contribution in [-0.2, 0) is 4.79 Å². The van der Waals surface area contributed by atoms with Crippen LogP contribution in [0.4, 0.5) is 5.69 Å². The summed E-state index contributed by atoms with van der Waals surface area (Å²) in [5.41, 5.74) is 6.81. The predicted octanol–water partition coefficient (Wildman–Crippen LogP) is 4.24. The fourth-order valence-electron chi connectivity index (χ4n) is 2.22. The number of hydrogen-bond acceptors (Lipinski definition) is 2. The van der Waals surface area contributed by atoms with Crippen molar-refractivity contribution in [2.24, 2.45) is 0 Å². The molecule has 0 heterocycles. The molecule has 0 amide bonds. The van der Waals surface area contributed by atoms with Crippen LogP contribution in [0, 0.1) is 6.92 Å². The van der Waals surface area contributed by atoms with Gasteiger partial charge in [0.05, 0.1) is 5.70 Å². The first-order valence-corrected chi connectivity index (χ1v) is 6.42. The van der Waals surface area contributed by atoms with E-state index in [1.807, 2.05) is 26.0 Å². The van der Waals surface area contributed by atoms with Crippen LogP contribution in [0.2, 0.25) is 0 Å². The first-order valence-electron chi connectivity index (χ1n) is 6.42. The monoisotopic (exact) mass is 253 g/mol. The molecule has 2 nitrogen and oxygen atoms in total. The Morgan fingerprint density at radius 2 is 2.00 bits per heavy atom. The maximum absolute atomic E-state index is 11.7. The summed E-state index contributed by atoms with van der Waals surface area (Å²) < 4.78 is 0. The van der Waals surface area contributed by atoms with Crippen LogP contribution in [0.1, 0.15) is 31.9 Å². The van der Waals surface area contributed by atoms with Crippen molar-refractivity contribution in [1.82, 2.24) is 0 Å². The summed E-state index contributed by atoms with van der Waals surface area (Å²) in [5, 5.41) is 3.24. The second kappa shape index (κ2) is 4.88. The van der Waals surface area contributed by atoms with Crippen molar-refractivity contribution in [2.75, 3.05) is 5.32 Å². The van der Waals surface area contributed by atoms with Gasteiger partial charge in [-0.3, -0.25) is 4.79 Å². The fraction of sp³-hybridized carbons (Fsp3) is 0.235. The molecular weight excluding hydrogens is 234 g/mol. The quantitative estimate of drug-likeness (QED) is 0.816. The van der Waals surface area contributed by atoms with E-state index in [1.54, 1.807) is 0 Å². The van der Waals surface area contributed by atoms with E-state index < -0.39 is 0 Å². The Hall–Kier alpha value is -2.09. The molecule has 0 fully saturated rings. The Kier molecular flexibility index (Phi) is 3.43. The number of nitrogens with one attached hydrogen (secondary N) is 1.